The van der Waals surface area contributed by atoms with E-state index < -0.39 is 17.0 Å². The Morgan fingerprint density at radius 1 is 1.29 bits per heavy atom. The molecule has 0 aromatic carbocycles. The van der Waals surface area contributed by atoms with E-state index in [1.807, 2.05) is 0 Å². The number of alkyl halides is 3. The molecule has 2 aromatic heterocycles. The summed E-state index contributed by atoms with van der Waals surface area (Å²) in [6, 6.07) is 2.22. The van der Waals surface area contributed by atoms with Crippen LogP contribution in [0.2, 0.25) is 0 Å². The molecule has 24 heavy (non-hydrogen) atoms. The zero-order chi connectivity index (χ0) is 17.3. The van der Waals surface area contributed by atoms with Crippen molar-refractivity contribution in [2.45, 2.75) is 23.5 Å². The van der Waals surface area contributed by atoms with Gasteiger partial charge in [0.2, 0.25) is 5.91 Å². The number of halogens is 3. The molecule has 0 N–H and O–H groups in total. The first kappa shape index (κ1) is 17.0. The van der Waals surface area contributed by atoms with Gasteiger partial charge in [-0.25, -0.2) is 0 Å². The van der Waals surface area contributed by atoms with Crippen molar-refractivity contribution in [2.24, 2.45) is 0 Å². The Kier molecular flexibility index (Phi) is 4.68. The summed E-state index contributed by atoms with van der Waals surface area (Å²) in [7, 11) is 0. The van der Waals surface area contributed by atoms with E-state index in [-0.39, 0.29) is 11.1 Å². The Morgan fingerprint density at radius 3 is 2.67 bits per heavy atom. The van der Waals surface area contributed by atoms with Crippen molar-refractivity contribution in [1.29, 1.82) is 0 Å². The van der Waals surface area contributed by atoms with Crippen LogP contribution in [-0.4, -0.2) is 57.0 Å². The van der Waals surface area contributed by atoms with E-state index in [0.717, 1.165) is 24.0 Å². The Labute approximate surface area is 140 Å². The first-order valence-corrected chi connectivity index (χ1v) is 8.19. The molecule has 130 valence electrons. The van der Waals surface area contributed by atoms with Crippen LogP contribution in [0.5, 0.6) is 0 Å². The molecule has 6 nitrogen and oxygen atoms in total. The number of amides is 1. The molecule has 0 aliphatic carbocycles. The lowest BCUT2D eigenvalue weighted by atomic mass is 10.3. The zero-order valence-corrected chi connectivity index (χ0v) is 13.6. The van der Waals surface area contributed by atoms with E-state index in [9.17, 15) is 18.0 Å². The van der Waals surface area contributed by atoms with Crippen molar-refractivity contribution in [3.05, 3.63) is 23.9 Å². The second-order valence-electron chi connectivity index (χ2n) is 5.32. The fourth-order valence-electron chi connectivity index (χ4n) is 2.37. The van der Waals surface area contributed by atoms with Crippen molar-refractivity contribution < 1.29 is 22.7 Å². The van der Waals surface area contributed by atoms with Crippen LogP contribution in [0.25, 0.3) is 5.65 Å². The molecular formula is C14H15F3N4O2S. The van der Waals surface area contributed by atoms with Gasteiger partial charge in [0, 0.05) is 19.3 Å². The molecule has 3 heterocycles. The maximum absolute atomic E-state index is 12.9. The maximum atomic E-state index is 12.9. The Morgan fingerprint density at radius 2 is 2.00 bits per heavy atom. The fourth-order valence-corrected chi connectivity index (χ4v) is 3.28. The number of hydrogen-bond acceptors (Lipinski definition) is 5. The van der Waals surface area contributed by atoms with Crippen LogP contribution >= 0.6 is 11.8 Å². The lowest BCUT2D eigenvalue weighted by molar-refractivity contribution is -0.138. The number of carbonyl (C=O) groups is 1. The van der Waals surface area contributed by atoms with Crippen molar-refractivity contribution in [2.75, 3.05) is 26.3 Å². The van der Waals surface area contributed by atoms with Crippen molar-refractivity contribution in [3.8, 4) is 0 Å². The van der Waals surface area contributed by atoms with Crippen molar-refractivity contribution in [1.82, 2.24) is 19.5 Å². The number of hydrogen-bond donors (Lipinski definition) is 0. The average molecular weight is 360 g/mol. The van der Waals surface area contributed by atoms with Crippen LogP contribution in [0.15, 0.2) is 23.5 Å². The predicted molar refractivity (Wildman–Crippen MR) is 80.7 cm³/mol. The number of rotatable bonds is 3. The van der Waals surface area contributed by atoms with Crippen LogP contribution in [-0.2, 0) is 15.7 Å². The molecule has 1 fully saturated rings. The van der Waals surface area contributed by atoms with Crippen molar-refractivity contribution in [3.63, 3.8) is 0 Å². The van der Waals surface area contributed by atoms with E-state index in [4.69, 9.17) is 4.74 Å². The fraction of sp³-hybridized carbons (Fsp3) is 0.500. The second-order valence-corrected chi connectivity index (χ2v) is 6.63. The Balaban J connectivity index is 1.80. The second kappa shape index (κ2) is 6.60. The van der Waals surface area contributed by atoms with Gasteiger partial charge in [-0.3, -0.25) is 9.20 Å². The summed E-state index contributed by atoms with van der Waals surface area (Å²) in [5, 5.41) is 7.52. The van der Waals surface area contributed by atoms with Gasteiger partial charge in [-0.1, -0.05) is 11.8 Å². The maximum Gasteiger partial charge on any atom is 0.417 e. The molecule has 1 amide bonds. The Hall–Kier alpha value is -1.81. The van der Waals surface area contributed by atoms with Crippen LogP contribution < -0.4 is 0 Å². The number of thioether (sulfide) groups is 1. The molecule has 0 radical (unpaired) electrons. The van der Waals surface area contributed by atoms with Gasteiger partial charge in [0.1, 0.15) is 0 Å². The SMILES string of the molecule is CC(Sc1nnc2ccc(C(F)(F)F)cn12)C(=O)N1CCOCC1. The highest BCUT2D eigenvalue weighted by Gasteiger charge is 2.31. The molecule has 1 saturated heterocycles. The highest BCUT2D eigenvalue weighted by molar-refractivity contribution is 8.00. The summed E-state index contributed by atoms with van der Waals surface area (Å²) >= 11 is 1.09. The third-order valence-electron chi connectivity index (χ3n) is 3.65. The van der Waals surface area contributed by atoms with Gasteiger partial charge in [0.25, 0.3) is 0 Å². The predicted octanol–water partition coefficient (Wildman–Crippen LogP) is 2.09. The summed E-state index contributed by atoms with van der Waals surface area (Å²) in [6.07, 6.45) is -3.50. The molecule has 1 aliphatic rings. The van der Waals surface area contributed by atoms with Gasteiger partial charge >= 0.3 is 6.18 Å². The average Bonchev–Trinajstić information content (AvgIpc) is 2.96. The first-order valence-electron chi connectivity index (χ1n) is 7.31. The topological polar surface area (TPSA) is 59.7 Å². The highest BCUT2D eigenvalue weighted by Crippen LogP contribution is 2.31. The van der Waals surface area contributed by atoms with E-state index in [0.29, 0.717) is 32.0 Å². The first-order chi connectivity index (χ1) is 11.4. The monoisotopic (exact) mass is 360 g/mol. The van der Waals surface area contributed by atoms with E-state index >= 15 is 0 Å². The van der Waals surface area contributed by atoms with Gasteiger partial charge in [-0.05, 0) is 19.1 Å². The largest absolute Gasteiger partial charge is 0.417 e. The summed E-state index contributed by atoms with van der Waals surface area (Å²) < 4.78 is 45.0. The molecule has 3 rings (SSSR count). The van der Waals surface area contributed by atoms with Gasteiger partial charge in [-0.15, -0.1) is 10.2 Å². The molecular weight excluding hydrogens is 345 g/mol. The quantitative estimate of drug-likeness (QED) is 0.785. The molecule has 0 spiro atoms. The van der Waals surface area contributed by atoms with Gasteiger partial charge < -0.3 is 9.64 Å². The Bertz CT molecular complexity index is 743. The summed E-state index contributed by atoms with van der Waals surface area (Å²) in [5.41, 5.74) is -0.486. The lowest BCUT2D eigenvalue weighted by Crippen LogP contribution is -2.44. The zero-order valence-electron chi connectivity index (χ0n) is 12.8. The summed E-state index contributed by atoms with van der Waals surface area (Å²) in [5.74, 6) is -0.0907. The molecule has 0 saturated carbocycles. The summed E-state index contributed by atoms with van der Waals surface area (Å²) in [6.45, 7) is 3.72. The van der Waals surface area contributed by atoms with Crippen molar-refractivity contribution >= 4 is 23.3 Å². The molecule has 2 aromatic rings. The number of ether oxygens (including phenoxy) is 1. The summed E-state index contributed by atoms with van der Waals surface area (Å²) in [4.78, 5) is 14.1. The van der Waals surface area contributed by atoms with Gasteiger partial charge in [-0.2, -0.15) is 13.2 Å². The lowest BCUT2D eigenvalue weighted by Gasteiger charge is -2.28. The molecule has 1 unspecified atom stereocenters. The van der Waals surface area contributed by atoms with Crippen LogP contribution in [0, 0.1) is 0 Å². The van der Waals surface area contributed by atoms with Gasteiger partial charge in [0.15, 0.2) is 10.8 Å². The highest BCUT2D eigenvalue weighted by atomic mass is 32.2. The van der Waals surface area contributed by atoms with Crippen LogP contribution in [0.1, 0.15) is 12.5 Å². The number of morpholine rings is 1. The molecule has 1 aliphatic heterocycles. The van der Waals surface area contributed by atoms with Crippen LogP contribution in [0.3, 0.4) is 0 Å². The van der Waals surface area contributed by atoms with Crippen LogP contribution in [0.4, 0.5) is 13.2 Å². The molecule has 1 atom stereocenters. The third kappa shape index (κ3) is 3.48. The number of aromatic nitrogens is 3. The number of pyridine rings is 1. The standard InChI is InChI=1S/C14H15F3N4O2S/c1-9(12(22)20-4-6-23-7-5-20)24-13-19-18-11-3-2-10(8-21(11)13)14(15,16)17/h2-3,8-9H,4-7H2,1H3. The number of nitrogens with zero attached hydrogens (tertiary/aromatic N) is 4. The molecule has 0 bridgehead atoms. The minimum absolute atomic E-state index is 0.0907. The molecule has 10 heteroatoms. The van der Waals surface area contributed by atoms with Gasteiger partial charge in [0.05, 0.1) is 24.0 Å². The van der Waals surface area contributed by atoms with E-state index in [2.05, 4.69) is 10.2 Å². The minimum Gasteiger partial charge on any atom is -0.378 e. The minimum atomic E-state index is -4.45. The van der Waals surface area contributed by atoms with E-state index in [1.54, 1.807) is 11.8 Å². The number of fused-ring (bicyclic) bond motifs is 1. The smallest absolute Gasteiger partial charge is 0.378 e. The normalized spacial score (nSPS) is 17.2. The van der Waals surface area contributed by atoms with E-state index in [1.165, 1.54) is 10.5 Å². The third-order valence-corrected chi connectivity index (χ3v) is 4.70. The number of carbonyl (C=O) groups excluding carboxylic acids is 1.